The Labute approximate surface area is 125 Å². The molecule has 1 N–H and O–H groups in total. The van der Waals surface area contributed by atoms with Crippen molar-refractivity contribution in [1.82, 2.24) is 4.90 Å². The summed E-state index contributed by atoms with van der Waals surface area (Å²) in [4.78, 5) is 24.4. The molecule has 5 nitrogen and oxygen atoms in total. The van der Waals surface area contributed by atoms with Gasteiger partial charge < -0.3 is 14.7 Å². The zero-order chi connectivity index (χ0) is 16.0. The molecule has 0 saturated carbocycles. The number of nitrogens with zero attached hydrogens (tertiary/aromatic N) is 1. The summed E-state index contributed by atoms with van der Waals surface area (Å²) in [6.07, 6.45) is -0.0508. The van der Waals surface area contributed by atoms with Crippen molar-refractivity contribution in [3.05, 3.63) is 29.8 Å². The molecule has 0 atom stereocenters. The summed E-state index contributed by atoms with van der Waals surface area (Å²) >= 11 is 0. The van der Waals surface area contributed by atoms with Crippen LogP contribution in [0.3, 0.4) is 0 Å². The van der Waals surface area contributed by atoms with Crippen LogP contribution in [0.2, 0.25) is 0 Å². The Balaban J connectivity index is 2.75. The van der Waals surface area contributed by atoms with Crippen molar-refractivity contribution in [3.63, 3.8) is 0 Å². The molecule has 1 amide bonds. The highest BCUT2D eigenvalue weighted by molar-refractivity contribution is 5.94. The molecule has 0 radical (unpaired) electrons. The van der Waals surface area contributed by atoms with Crippen LogP contribution in [0.25, 0.3) is 0 Å². The van der Waals surface area contributed by atoms with Gasteiger partial charge in [-0.05, 0) is 52.0 Å². The molecule has 1 aromatic carbocycles. The van der Waals surface area contributed by atoms with Crippen LogP contribution < -0.4 is 4.74 Å². The van der Waals surface area contributed by atoms with Gasteiger partial charge in [-0.2, -0.15) is 0 Å². The molecule has 0 aliphatic carbocycles. The zero-order valence-electron chi connectivity index (χ0n) is 13.0. The van der Waals surface area contributed by atoms with Gasteiger partial charge in [-0.1, -0.05) is 0 Å². The first-order chi connectivity index (χ1) is 9.73. The fraction of sp³-hybridized carbons (Fsp3) is 0.500. The quantitative estimate of drug-likeness (QED) is 0.875. The predicted molar refractivity (Wildman–Crippen MR) is 80.7 cm³/mol. The zero-order valence-corrected chi connectivity index (χ0v) is 13.0. The Kier molecular flexibility index (Phi) is 5.76. The number of ether oxygens (including phenoxy) is 1. The third kappa shape index (κ3) is 5.85. The van der Waals surface area contributed by atoms with Crippen molar-refractivity contribution in [2.24, 2.45) is 0 Å². The maximum Gasteiger partial charge on any atom is 0.305 e. The first-order valence-electron chi connectivity index (χ1n) is 7.03. The lowest BCUT2D eigenvalue weighted by Gasteiger charge is -2.22. The van der Waals surface area contributed by atoms with Gasteiger partial charge in [-0.25, -0.2) is 0 Å². The molecule has 0 aliphatic heterocycles. The fourth-order valence-corrected chi connectivity index (χ4v) is 1.84. The highest BCUT2D eigenvalue weighted by atomic mass is 16.5. The predicted octanol–water partition coefficient (Wildman–Crippen LogP) is 2.80. The average Bonchev–Trinajstić information content (AvgIpc) is 2.37. The Morgan fingerprint density at radius 1 is 1.19 bits per heavy atom. The summed E-state index contributed by atoms with van der Waals surface area (Å²) in [6.45, 7) is 8.39. The van der Waals surface area contributed by atoms with E-state index < -0.39 is 5.97 Å². The highest BCUT2D eigenvalue weighted by Crippen LogP contribution is 2.19. The molecule has 1 rings (SSSR count). The second-order valence-corrected chi connectivity index (χ2v) is 5.77. The summed E-state index contributed by atoms with van der Waals surface area (Å²) in [7, 11) is 0. The summed E-state index contributed by atoms with van der Waals surface area (Å²) in [5.41, 5.74) is 0.242. The Morgan fingerprint density at radius 3 is 2.19 bits per heavy atom. The van der Waals surface area contributed by atoms with Crippen LogP contribution in [-0.2, 0) is 4.79 Å². The summed E-state index contributed by atoms with van der Waals surface area (Å²) in [5, 5.41) is 8.70. The van der Waals surface area contributed by atoms with E-state index in [0.717, 1.165) is 0 Å². The van der Waals surface area contributed by atoms with Crippen LogP contribution >= 0.6 is 0 Å². The van der Waals surface area contributed by atoms with Crippen molar-refractivity contribution in [2.75, 3.05) is 13.1 Å². The molecule has 0 heterocycles. The van der Waals surface area contributed by atoms with Gasteiger partial charge in [0.25, 0.3) is 5.91 Å². The molecule has 5 heteroatoms. The number of hydrogen-bond acceptors (Lipinski definition) is 3. The van der Waals surface area contributed by atoms with Gasteiger partial charge in [0.05, 0.1) is 6.42 Å². The topological polar surface area (TPSA) is 66.8 Å². The van der Waals surface area contributed by atoms with E-state index in [-0.39, 0.29) is 24.5 Å². The molecule has 0 unspecified atom stereocenters. The summed E-state index contributed by atoms with van der Waals surface area (Å²) in [6, 6.07) is 6.91. The average molecular weight is 293 g/mol. The number of carboxylic acids is 1. The van der Waals surface area contributed by atoms with E-state index in [2.05, 4.69) is 0 Å². The minimum absolute atomic E-state index is 0.0508. The molecule has 0 fully saturated rings. The molecule has 0 spiro atoms. The highest BCUT2D eigenvalue weighted by Gasteiger charge is 2.16. The van der Waals surface area contributed by atoms with Crippen molar-refractivity contribution in [2.45, 2.75) is 39.7 Å². The van der Waals surface area contributed by atoms with Crippen molar-refractivity contribution < 1.29 is 19.4 Å². The fourth-order valence-electron chi connectivity index (χ4n) is 1.84. The Morgan fingerprint density at radius 2 is 1.76 bits per heavy atom. The first-order valence-corrected chi connectivity index (χ1v) is 7.03. The van der Waals surface area contributed by atoms with Crippen molar-refractivity contribution >= 4 is 11.9 Å². The van der Waals surface area contributed by atoms with Gasteiger partial charge in [0.15, 0.2) is 0 Å². The Bertz CT molecular complexity index is 488. The standard InChI is InChI=1S/C16H23NO4/c1-5-17(11-10-14(18)19)15(20)12-6-8-13(9-7-12)21-16(2,3)4/h6-9H,5,10-11H2,1-4H3,(H,18,19). The maximum atomic E-state index is 12.3. The number of rotatable bonds is 6. The SMILES string of the molecule is CCN(CCC(=O)O)C(=O)c1ccc(OC(C)(C)C)cc1. The van der Waals surface area contributed by atoms with Gasteiger partial charge in [-0.3, -0.25) is 9.59 Å². The normalized spacial score (nSPS) is 11.0. The van der Waals surface area contributed by atoms with E-state index >= 15 is 0 Å². The molecule has 0 aromatic heterocycles. The van der Waals surface area contributed by atoms with Gasteiger partial charge >= 0.3 is 5.97 Å². The van der Waals surface area contributed by atoms with Gasteiger partial charge in [0.2, 0.25) is 0 Å². The van der Waals surface area contributed by atoms with Crippen LogP contribution in [0.1, 0.15) is 44.5 Å². The second-order valence-electron chi connectivity index (χ2n) is 5.77. The molecule has 1 aromatic rings. The number of carboxylic acid groups (broad SMARTS) is 1. The lowest BCUT2D eigenvalue weighted by Crippen LogP contribution is -2.32. The summed E-state index contributed by atoms with van der Waals surface area (Å²) in [5.74, 6) is -0.371. The van der Waals surface area contributed by atoms with Crippen LogP contribution in [-0.4, -0.2) is 40.6 Å². The molecular weight excluding hydrogens is 270 g/mol. The van der Waals surface area contributed by atoms with E-state index in [1.807, 2.05) is 27.7 Å². The monoisotopic (exact) mass is 293 g/mol. The van der Waals surface area contributed by atoms with Crippen LogP contribution in [0.15, 0.2) is 24.3 Å². The van der Waals surface area contributed by atoms with Crippen LogP contribution in [0.5, 0.6) is 5.75 Å². The van der Waals surface area contributed by atoms with E-state index in [9.17, 15) is 9.59 Å². The number of hydrogen-bond donors (Lipinski definition) is 1. The van der Waals surface area contributed by atoms with Crippen LogP contribution in [0, 0.1) is 0 Å². The van der Waals surface area contributed by atoms with Gasteiger partial charge in [0.1, 0.15) is 11.4 Å². The van der Waals surface area contributed by atoms with E-state index in [0.29, 0.717) is 17.9 Å². The lowest BCUT2D eigenvalue weighted by atomic mass is 10.1. The second kappa shape index (κ2) is 7.11. The third-order valence-corrected chi connectivity index (χ3v) is 2.79. The van der Waals surface area contributed by atoms with Crippen molar-refractivity contribution in [3.8, 4) is 5.75 Å². The van der Waals surface area contributed by atoms with Crippen molar-refractivity contribution in [1.29, 1.82) is 0 Å². The number of aliphatic carboxylic acids is 1. The lowest BCUT2D eigenvalue weighted by molar-refractivity contribution is -0.137. The first kappa shape index (κ1) is 17.0. The maximum absolute atomic E-state index is 12.3. The molecular formula is C16H23NO4. The van der Waals surface area contributed by atoms with E-state index in [1.54, 1.807) is 24.3 Å². The molecule has 116 valence electrons. The van der Waals surface area contributed by atoms with Gasteiger partial charge in [0, 0.05) is 18.7 Å². The van der Waals surface area contributed by atoms with Crippen LogP contribution in [0.4, 0.5) is 0 Å². The molecule has 0 aliphatic rings. The number of benzene rings is 1. The number of amides is 1. The molecule has 21 heavy (non-hydrogen) atoms. The van der Waals surface area contributed by atoms with Gasteiger partial charge in [-0.15, -0.1) is 0 Å². The number of carbonyl (C=O) groups is 2. The Hall–Kier alpha value is -2.04. The smallest absolute Gasteiger partial charge is 0.305 e. The summed E-state index contributed by atoms with van der Waals surface area (Å²) < 4.78 is 5.70. The largest absolute Gasteiger partial charge is 0.488 e. The van der Waals surface area contributed by atoms with E-state index in [1.165, 1.54) is 4.90 Å². The third-order valence-electron chi connectivity index (χ3n) is 2.79. The minimum Gasteiger partial charge on any atom is -0.488 e. The molecule has 0 bridgehead atoms. The number of carbonyl (C=O) groups excluding carboxylic acids is 1. The minimum atomic E-state index is -0.907. The molecule has 0 saturated heterocycles. The van der Waals surface area contributed by atoms with E-state index in [4.69, 9.17) is 9.84 Å².